The molecular weight excluding hydrogens is 288 g/mol. The summed E-state index contributed by atoms with van der Waals surface area (Å²) in [6.45, 7) is -0.0187. The highest BCUT2D eigenvalue weighted by atomic mass is 35.5. The summed E-state index contributed by atoms with van der Waals surface area (Å²) in [5.41, 5.74) is 2.87. The van der Waals surface area contributed by atoms with Crippen LogP contribution in [0.2, 0.25) is 5.02 Å². The predicted octanol–water partition coefficient (Wildman–Crippen LogP) is 3.57. The van der Waals surface area contributed by atoms with E-state index in [0.29, 0.717) is 16.3 Å². The number of fused-ring (bicyclic) bond motifs is 1. The van der Waals surface area contributed by atoms with Crippen molar-refractivity contribution in [2.45, 2.75) is 6.61 Å². The van der Waals surface area contributed by atoms with Crippen LogP contribution in [0.4, 0.5) is 5.69 Å². The van der Waals surface area contributed by atoms with Gasteiger partial charge in [0.05, 0.1) is 12.2 Å². The first-order valence-electron chi connectivity index (χ1n) is 6.45. The molecule has 0 saturated carbocycles. The van der Waals surface area contributed by atoms with Crippen molar-refractivity contribution in [1.82, 2.24) is 4.98 Å². The summed E-state index contributed by atoms with van der Waals surface area (Å²) in [6, 6.07) is 12.4. The van der Waals surface area contributed by atoms with Crippen LogP contribution in [0, 0.1) is 0 Å². The fraction of sp³-hybridized carbons (Fsp3) is 0.0625. The molecule has 0 radical (unpaired) electrons. The van der Waals surface area contributed by atoms with Gasteiger partial charge in [0.15, 0.2) is 0 Å². The summed E-state index contributed by atoms with van der Waals surface area (Å²) in [7, 11) is 0. The number of benzene rings is 2. The zero-order valence-electron chi connectivity index (χ0n) is 11.1. The van der Waals surface area contributed by atoms with E-state index in [1.165, 1.54) is 0 Å². The minimum atomic E-state index is -0.208. The second-order valence-corrected chi connectivity index (χ2v) is 5.14. The molecule has 3 aromatic rings. The van der Waals surface area contributed by atoms with Crippen molar-refractivity contribution in [2.24, 2.45) is 0 Å². The van der Waals surface area contributed by atoms with Gasteiger partial charge in [-0.1, -0.05) is 23.7 Å². The van der Waals surface area contributed by atoms with Crippen LogP contribution < -0.4 is 5.32 Å². The van der Waals surface area contributed by atoms with E-state index < -0.39 is 0 Å². The molecule has 0 saturated heterocycles. The summed E-state index contributed by atoms with van der Waals surface area (Å²) in [5, 5.41) is 13.2. The minimum Gasteiger partial charge on any atom is -0.392 e. The number of amides is 1. The quantitative estimate of drug-likeness (QED) is 0.692. The van der Waals surface area contributed by atoms with E-state index >= 15 is 0 Å². The average molecular weight is 301 g/mol. The van der Waals surface area contributed by atoms with Crippen molar-refractivity contribution in [3.05, 3.63) is 64.8 Å². The molecule has 0 aliphatic heterocycles. The summed E-state index contributed by atoms with van der Waals surface area (Å²) >= 11 is 5.98. The number of aromatic amines is 1. The van der Waals surface area contributed by atoms with Gasteiger partial charge in [0.25, 0.3) is 5.91 Å². The highest BCUT2D eigenvalue weighted by Gasteiger charge is 2.12. The SMILES string of the molecule is O=C(Nc1ccc(CO)cc1)c1c[nH]c2ccc(Cl)cc12. The number of carbonyl (C=O) groups excluding carboxylic acids is 1. The number of hydrogen-bond acceptors (Lipinski definition) is 2. The lowest BCUT2D eigenvalue weighted by Gasteiger charge is -2.05. The number of H-pyrrole nitrogens is 1. The lowest BCUT2D eigenvalue weighted by molar-refractivity contribution is 0.102. The largest absolute Gasteiger partial charge is 0.392 e. The molecule has 106 valence electrons. The van der Waals surface area contributed by atoms with Crippen molar-refractivity contribution in [3.63, 3.8) is 0 Å². The van der Waals surface area contributed by atoms with E-state index in [9.17, 15) is 4.79 Å². The standard InChI is InChI=1S/C16H13ClN2O2/c17-11-3-6-15-13(7-11)14(8-18-15)16(21)19-12-4-1-10(9-20)2-5-12/h1-8,18,20H,9H2,(H,19,21). The molecule has 0 aliphatic rings. The van der Waals surface area contributed by atoms with Crippen molar-refractivity contribution < 1.29 is 9.90 Å². The Bertz CT molecular complexity index is 794. The number of nitrogens with one attached hydrogen (secondary N) is 2. The van der Waals surface area contributed by atoms with Crippen LogP contribution in [0.3, 0.4) is 0 Å². The second-order valence-electron chi connectivity index (χ2n) is 4.70. The second kappa shape index (κ2) is 5.60. The first-order chi connectivity index (χ1) is 10.2. The lowest BCUT2D eigenvalue weighted by atomic mass is 10.1. The van der Waals surface area contributed by atoms with Crippen LogP contribution in [0.15, 0.2) is 48.7 Å². The molecule has 0 bridgehead atoms. The molecule has 0 aliphatic carbocycles. The van der Waals surface area contributed by atoms with Crippen molar-refractivity contribution >= 4 is 34.1 Å². The van der Waals surface area contributed by atoms with Crippen molar-refractivity contribution in [2.75, 3.05) is 5.32 Å². The van der Waals surface area contributed by atoms with Gasteiger partial charge in [-0.3, -0.25) is 4.79 Å². The van der Waals surface area contributed by atoms with Crippen molar-refractivity contribution in [3.8, 4) is 0 Å². The highest BCUT2D eigenvalue weighted by molar-refractivity contribution is 6.31. The van der Waals surface area contributed by atoms with Crippen LogP contribution in [0.1, 0.15) is 15.9 Å². The van der Waals surface area contributed by atoms with E-state index in [4.69, 9.17) is 16.7 Å². The summed E-state index contributed by atoms with van der Waals surface area (Å²) in [6.07, 6.45) is 1.67. The number of halogens is 1. The highest BCUT2D eigenvalue weighted by Crippen LogP contribution is 2.23. The van der Waals surface area contributed by atoms with Crippen molar-refractivity contribution in [1.29, 1.82) is 0 Å². The van der Waals surface area contributed by atoms with Gasteiger partial charge in [0, 0.05) is 27.8 Å². The van der Waals surface area contributed by atoms with E-state index in [-0.39, 0.29) is 12.5 Å². The van der Waals surface area contributed by atoms with Crippen LogP contribution in [-0.2, 0) is 6.61 Å². The van der Waals surface area contributed by atoms with E-state index in [2.05, 4.69) is 10.3 Å². The number of carbonyl (C=O) groups is 1. The first kappa shape index (κ1) is 13.7. The summed E-state index contributed by atoms with van der Waals surface area (Å²) < 4.78 is 0. The molecule has 0 spiro atoms. The van der Waals surface area contributed by atoms with Crippen LogP contribution in [0.5, 0.6) is 0 Å². The maximum absolute atomic E-state index is 12.3. The van der Waals surface area contributed by atoms with Crippen LogP contribution in [-0.4, -0.2) is 16.0 Å². The molecule has 0 atom stereocenters. The molecule has 2 aromatic carbocycles. The third-order valence-corrected chi connectivity index (χ3v) is 3.52. The molecule has 1 aromatic heterocycles. The van der Waals surface area contributed by atoms with Gasteiger partial charge in [-0.2, -0.15) is 0 Å². The van der Waals surface area contributed by atoms with Gasteiger partial charge < -0.3 is 15.4 Å². The molecule has 1 heterocycles. The Morgan fingerprint density at radius 1 is 1.19 bits per heavy atom. The minimum absolute atomic E-state index is 0.0187. The molecule has 21 heavy (non-hydrogen) atoms. The third-order valence-electron chi connectivity index (χ3n) is 3.28. The lowest BCUT2D eigenvalue weighted by Crippen LogP contribution is -2.11. The number of aliphatic hydroxyl groups is 1. The third kappa shape index (κ3) is 2.77. The number of rotatable bonds is 3. The molecule has 0 fully saturated rings. The molecule has 1 amide bonds. The van der Waals surface area contributed by atoms with E-state index in [1.807, 2.05) is 6.07 Å². The normalized spacial score (nSPS) is 10.8. The average Bonchev–Trinajstić information content (AvgIpc) is 2.91. The Kier molecular flexibility index (Phi) is 3.64. The Morgan fingerprint density at radius 3 is 2.67 bits per heavy atom. The fourth-order valence-electron chi connectivity index (χ4n) is 2.17. The maximum Gasteiger partial charge on any atom is 0.257 e. The van der Waals surface area contributed by atoms with Crippen LogP contribution in [0.25, 0.3) is 10.9 Å². The molecule has 0 unspecified atom stereocenters. The van der Waals surface area contributed by atoms with Gasteiger partial charge in [-0.05, 0) is 35.9 Å². The van der Waals surface area contributed by atoms with Gasteiger partial charge in [-0.15, -0.1) is 0 Å². The van der Waals surface area contributed by atoms with Crippen LogP contribution >= 0.6 is 11.6 Å². The predicted molar refractivity (Wildman–Crippen MR) is 83.6 cm³/mol. The molecule has 3 rings (SSSR count). The zero-order valence-corrected chi connectivity index (χ0v) is 11.8. The van der Waals surface area contributed by atoms with E-state index in [1.54, 1.807) is 42.6 Å². The van der Waals surface area contributed by atoms with Gasteiger partial charge >= 0.3 is 0 Å². The number of anilines is 1. The number of aromatic nitrogens is 1. The van der Waals surface area contributed by atoms with Gasteiger partial charge in [0.2, 0.25) is 0 Å². The summed E-state index contributed by atoms with van der Waals surface area (Å²) in [5.74, 6) is -0.208. The number of aliphatic hydroxyl groups excluding tert-OH is 1. The summed E-state index contributed by atoms with van der Waals surface area (Å²) in [4.78, 5) is 15.4. The first-order valence-corrected chi connectivity index (χ1v) is 6.83. The Balaban J connectivity index is 1.87. The Morgan fingerprint density at radius 2 is 1.95 bits per heavy atom. The molecular formula is C16H13ClN2O2. The molecule has 4 nitrogen and oxygen atoms in total. The monoisotopic (exact) mass is 300 g/mol. The fourth-order valence-corrected chi connectivity index (χ4v) is 2.34. The van der Waals surface area contributed by atoms with Gasteiger partial charge in [-0.25, -0.2) is 0 Å². The molecule has 3 N–H and O–H groups in total. The van der Waals surface area contributed by atoms with Gasteiger partial charge in [0.1, 0.15) is 0 Å². The maximum atomic E-state index is 12.3. The zero-order chi connectivity index (χ0) is 14.8. The van der Waals surface area contributed by atoms with E-state index in [0.717, 1.165) is 16.5 Å². The Labute approximate surface area is 126 Å². The molecule has 5 heteroatoms. The topological polar surface area (TPSA) is 65.1 Å². The Hall–Kier alpha value is -2.30. The number of hydrogen-bond donors (Lipinski definition) is 3. The smallest absolute Gasteiger partial charge is 0.257 e.